The lowest BCUT2D eigenvalue weighted by Crippen LogP contribution is -2.20. The molecule has 0 saturated carbocycles. The normalized spacial score (nSPS) is 11.9. The molecule has 0 amide bonds. The summed E-state index contributed by atoms with van der Waals surface area (Å²) in [6, 6.07) is 2.62. The maximum atomic E-state index is 13.7. The molecule has 1 rings (SSSR count). The summed E-state index contributed by atoms with van der Waals surface area (Å²) in [6.45, 7) is 6.84. The molecule has 1 aromatic rings. The van der Waals surface area contributed by atoms with Gasteiger partial charge in [-0.1, -0.05) is 13.8 Å². The summed E-state index contributed by atoms with van der Waals surface area (Å²) in [4.78, 5) is 0. The van der Waals surface area contributed by atoms with Crippen LogP contribution in [-0.4, -0.2) is 13.6 Å². The van der Waals surface area contributed by atoms with Gasteiger partial charge in [0, 0.05) is 0 Å². The largest absolute Gasteiger partial charge is 0.320 e. The van der Waals surface area contributed by atoms with Crippen LogP contribution in [0.3, 0.4) is 0 Å². The van der Waals surface area contributed by atoms with Gasteiger partial charge in [-0.3, -0.25) is 0 Å². The first kappa shape index (κ1) is 15.1. The Hall–Kier alpha value is -0.960. The van der Waals surface area contributed by atoms with Crippen molar-refractivity contribution in [3.8, 4) is 0 Å². The molecular formula is C15H23F2N. The van der Waals surface area contributed by atoms with E-state index in [1.165, 1.54) is 12.1 Å². The summed E-state index contributed by atoms with van der Waals surface area (Å²) in [7, 11) is 1.92. The van der Waals surface area contributed by atoms with Crippen LogP contribution in [0.1, 0.15) is 37.8 Å². The van der Waals surface area contributed by atoms with Crippen LogP contribution in [-0.2, 0) is 6.42 Å². The first-order valence-corrected chi connectivity index (χ1v) is 6.45. The fourth-order valence-corrected chi connectivity index (χ4v) is 1.94. The van der Waals surface area contributed by atoms with E-state index in [2.05, 4.69) is 19.2 Å². The summed E-state index contributed by atoms with van der Waals surface area (Å²) in [5.41, 5.74) is 0.984. The van der Waals surface area contributed by atoms with E-state index in [1.807, 2.05) is 7.05 Å². The maximum absolute atomic E-state index is 13.7. The second kappa shape index (κ2) is 6.28. The van der Waals surface area contributed by atoms with Crippen molar-refractivity contribution >= 4 is 0 Å². The number of aryl methyl sites for hydroxylation is 2. The highest BCUT2D eigenvalue weighted by Gasteiger charge is 2.18. The number of halogens is 2. The summed E-state index contributed by atoms with van der Waals surface area (Å²) in [6.07, 6.45) is 2.47. The summed E-state index contributed by atoms with van der Waals surface area (Å²) < 4.78 is 27.1. The van der Waals surface area contributed by atoms with E-state index in [0.29, 0.717) is 17.5 Å². The SMILES string of the molecule is CNCCC(C)(C)CCc1cc(F)c(C)cc1F. The summed E-state index contributed by atoms with van der Waals surface area (Å²) in [5.74, 6) is -0.613. The van der Waals surface area contributed by atoms with Gasteiger partial charge in [0.15, 0.2) is 0 Å². The molecule has 1 aromatic carbocycles. The molecule has 0 bridgehead atoms. The Bertz CT molecular complexity index is 400. The van der Waals surface area contributed by atoms with Gasteiger partial charge in [-0.05, 0) is 68.5 Å². The third-order valence-corrected chi connectivity index (χ3v) is 3.45. The Balaban J connectivity index is 2.66. The lowest BCUT2D eigenvalue weighted by Gasteiger charge is -2.24. The fourth-order valence-electron chi connectivity index (χ4n) is 1.94. The monoisotopic (exact) mass is 255 g/mol. The molecule has 0 fully saturated rings. The van der Waals surface area contributed by atoms with Gasteiger partial charge in [0.25, 0.3) is 0 Å². The van der Waals surface area contributed by atoms with Crippen LogP contribution >= 0.6 is 0 Å². The van der Waals surface area contributed by atoms with Crippen molar-refractivity contribution < 1.29 is 8.78 Å². The van der Waals surface area contributed by atoms with E-state index in [0.717, 1.165) is 19.4 Å². The van der Waals surface area contributed by atoms with Crippen LogP contribution in [0.5, 0.6) is 0 Å². The Morgan fingerprint density at radius 2 is 1.78 bits per heavy atom. The Labute approximate surface area is 109 Å². The molecule has 3 heteroatoms. The molecule has 0 aliphatic carbocycles. The number of hydrogen-bond donors (Lipinski definition) is 1. The van der Waals surface area contributed by atoms with Gasteiger partial charge in [0.05, 0.1) is 0 Å². The zero-order chi connectivity index (χ0) is 13.8. The molecular weight excluding hydrogens is 232 g/mol. The van der Waals surface area contributed by atoms with E-state index in [9.17, 15) is 8.78 Å². The Kier molecular flexibility index (Phi) is 5.27. The zero-order valence-corrected chi connectivity index (χ0v) is 11.7. The lowest BCUT2D eigenvalue weighted by atomic mass is 9.83. The molecule has 0 spiro atoms. The fraction of sp³-hybridized carbons (Fsp3) is 0.600. The minimum Gasteiger partial charge on any atom is -0.320 e. The van der Waals surface area contributed by atoms with Gasteiger partial charge in [-0.25, -0.2) is 8.78 Å². The molecule has 102 valence electrons. The minimum absolute atomic E-state index is 0.136. The highest BCUT2D eigenvalue weighted by molar-refractivity contribution is 5.25. The molecule has 0 atom stereocenters. The topological polar surface area (TPSA) is 12.0 Å². The van der Waals surface area contributed by atoms with Gasteiger partial charge in [0.2, 0.25) is 0 Å². The van der Waals surface area contributed by atoms with Crippen molar-refractivity contribution in [1.29, 1.82) is 0 Å². The van der Waals surface area contributed by atoms with Crippen LogP contribution in [0, 0.1) is 24.0 Å². The van der Waals surface area contributed by atoms with Crippen LogP contribution in [0.15, 0.2) is 12.1 Å². The number of nitrogens with one attached hydrogen (secondary N) is 1. The first-order chi connectivity index (χ1) is 8.35. The van der Waals surface area contributed by atoms with Crippen molar-refractivity contribution in [3.05, 3.63) is 34.9 Å². The van der Waals surface area contributed by atoms with Crippen molar-refractivity contribution in [3.63, 3.8) is 0 Å². The molecule has 0 heterocycles. The van der Waals surface area contributed by atoms with Gasteiger partial charge in [-0.15, -0.1) is 0 Å². The minimum atomic E-state index is -0.320. The molecule has 0 aliphatic heterocycles. The Morgan fingerprint density at radius 1 is 1.11 bits per heavy atom. The van der Waals surface area contributed by atoms with Gasteiger partial charge >= 0.3 is 0 Å². The van der Waals surface area contributed by atoms with Crippen LogP contribution in [0.4, 0.5) is 8.78 Å². The van der Waals surface area contributed by atoms with Crippen LogP contribution in [0.25, 0.3) is 0 Å². The van der Waals surface area contributed by atoms with Gasteiger partial charge in [-0.2, -0.15) is 0 Å². The third kappa shape index (κ3) is 4.37. The average Bonchev–Trinajstić information content (AvgIpc) is 2.30. The van der Waals surface area contributed by atoms with Gasteiger partial charge < -0.3 is 5.32 Å². The number of benzene rings is 1. The second-order valence-electron chi connectivity index (χ2n) is 5.71. The van der Waals surface area contributed by atoms with E-state index in [4.69, 9.17) is 0 Å². The van der Waals surface area contributed by atoms with Gasteiger partial charge in [0.1, 0.15) is 11.6 Å². The van der Waals surface area contributed by atoms with Crippen LogP contribution < -0.4 is 5.32 Å². The van der Waals surface area contributed by atoms with E-state index < -0.39 is 0 Å². The molecule has 18 heavy (non-hydrogen) atoms. The highest BCUT2D eigenvalue weighted by atomic mass is 19.1. The molecule has 0 aliphatic rings. The smallest absolute Gasteiger partial charge is 0.126 e. The maximum Gasteiger partial charge on any atom is 0.126 e. The van der Waals surface area contributed by atoms with Crippen LogP contribution in [0.2, 0.25) is 0 Å². The molecule has 1 nitrogen and oxygen atoms in total. The zero-order valence-electron chi connectivity index (χ0n) is 11.7. The van der Waals surface area contributed by atoms with Crippen molar-refractivity contribution in [2.45, 2.75) is 40.0 Å². The molecule has 1 N–H and O–H groups in total. The predicted molar refractivity (Wildman–Crippen MR) is 71.7 cm³/mol. The van der Waals surface area contributed by atoms with E-state index >= 15 is 0 Å². The Morgan fingerprint density at radius 3 is 2.39 bits per heavy atom. The standard InChI is InChI=1S/C15H23F2N/c1-11-9-14(17)12(10-13(11)16)5-6-15(2,3)7-8-18-4/h9-10,18H,5-8H2,1-4H3. The van der Waals surface area contributed by atoms with Crippen molar-refractivity contribution in [2.24, 2.45) is 5.41 Å². The molecule has 0 unspecified atom stereocenters. The number of hydrogen-bond acceptors (Lipinski definition) is 1. The van der Waals surface area contributed by atoms with Crippen molar-refractivity contribution in [1.82, 2.24) is 5.32 Å². The summed E-state index contributed by atoms with van der Waals surface area (Å²) >= 11 is 0. The second-order valence-corrected chi connectivity index (χ2v) is 5.71. The highest BCUT2D eigenvalue weighted by Crippen LogP contribution is 2.27. The predicted octanol–water partition coefficient (Wildman–Crippen LogP) is 3.84. The molecule has 0 saturated heterocycles. The quantitative estimate of drug-likeness (QED) is 0.814. The molecule has 0 aromatic heterocycles. The summed E-state index contributed by atoms with van der Waals surface area (Å²) in [5, 5.41) is 3.12. The van der Waals surface area contributed by atoms with E-state index in [1.54, 1.807) is 6.92 Å². The molecule has 0 radical (unpaired) electrons. The number of rotatable bonds is 6. The van der Waals surface area contributed by atoms with E-state index in [-0.39, 0.29) is 17.0 Å². The average molecular weight is 255 g/mol. The first-order valence-electron chi connectivity index (χ1n) is 6.45. The van der Waals surface area contributed by atoms with Crippen molar-refractivity contribution in [2.75, 3.05) is 13.6 Å². The third-order valence-electron chi connectivity index (χ3n) is 3.45. The lowest BCUT2D eigenvalue weighted by molar-refractivity contribution is 0.304.